The Morgan fingerprint density at radius 1 is 0.872 bits per heavy atom. The van der Waals surface area contributed by atoms with E-state index in [0.29, 0.717) is 32.9 Å². The largest absolute Gasteiger partial charge is 0.489 e. The summed E-state index contributed by atoms with van der Waals surface area (Å²) in [4.78, 5) is 38.8. The van der Waals surface area contributed by atoms with Crippen molar-refractivity contribution in [2.75, 3.05) is 10.6 Å². The lowest BCUT2D eigenvalue weighted by molar-refractivity contribution is -0.145. The number of carbonyl (C=O) groups is 3. The van der Waals surface area contributed by atoms with Crippen molar-refractivity contribution in [3.05, 3.63) is 119 Å². The number of amides is 2. The molecular formula is C33H26ClF3N4O5S. The van der Waals surface area contributed by atoms with Crippen LogP contribution in [0.4, 0.5) is 29.3 Å². The zero-order chi connectivity index (χ0) is 33.6. The fraction of sp³-hybridized carbons (Fsp3) is 0.121. The number of rotatable bonds is 10. The third-order valence-corrected chi connectivity index (χ3v) is 7.65. The average molecular weight is 683 g/mol. The number of nitrogens with zero attached hydrogens (tertiary/aromatic N) is 1. The van der Waals surface area contributed by atoms with Crippen molar-refractivity contribution in [3.63, 3.8) is 0 Å². The van der Waals surface area contributed by atoms with E-state index in [0.717, 1.165) is 10.1 Å². The zero-order valence-electron chi connectivity index (χ0n) is 24.3. The Balaban J connectivity index is 1.20. The molecule has 4 N–H and O–H groups in total. The summed E-state index contributed by atoms with van der Waals surface area (Å²) in [5.74, 6) is -1.21. The van der Waals surface area contributed by atoms with E-state index in [4.69, 9.17) is 26.8 Å². The second-order valence-corrected chi connectivity index (χ2v) is 11.6. The number of halogens is 4. The maximum atomic E-state index is 13.2. The van der Waals surface area contributed by atoms with Gasteiger partial charge in [0.2, 0.25) is 0 Å². The second kappa shape index (κ2) is 14.6. The summed E-state index contributed by atoms with van der Waals surface area (Å²) in [6, 6.07) is 23.6. The standard InChI is InChI=1S/C33H26ClF3N4O5S/c34-22-8-15-28-26(16-22)27(17-41(28)30(42)29(38)31(43)46-19-20-4-2-1-3-5-20)40-32(44)39-23-9-11-24(12-10-23)45-18-21-6-13-25(14-7-21)47-33(35,36)37/h1-17,29H,18-19,38H2,(H2,39,40,44). The van der Waals surface area contributed by atoms with E-state index in [-0.39, 0.29) is 35.6 Å². The SMILES string of the molecule is NC(C(=O)OCc1ccccc1)C(=O)n1cc(NC(=O)Nc2ccc(OCc3ccc(SC(F)(F)F)cc3)cc2)c2cc(Cl)ccc21. The number of ether oxygens (including phenoxy) is 2. The molecular weight excluding hydrogens is 657 g/mol. The molecule has 5 aromatic rings. The van der Waals surface area contributed by atoms with Gasteiger partial charge in [-0.3, -0.25) is 9.36 Å². The number of nitrogens with one attached hydrogen (secondary N) is 2. The molecule has 0 fully saturated rings. The summed E-state index contributed by atoms with van der Waals surface area (Å²) in [5.41, 5.74) is 4.03. The van der Waals surface area contributed by atoms with E-state index in [9.17, 15) is 27.6 Å². The van der Waals surface area contributed by atoms with Gasteiger partial charge in [-0.1, -0.05) is 54.1 Å². The first-order chi connectivity index (χ1) is 22.4. The van der Waals surface area contributed by atoms with Gasteiger partial charge in [0.05, 0.1) is 11.2 Å². The van der Waals surface area contributed by atoms with Crippen LogP contribution in [0.25, 0.3) is 10.9 Å². The molecule has 4 aromatic carbocycles. The Bertz CT molecular complexity index is 1890. The molecule has 2 amide bonds. The van der Waals surface area contributed by atoms with Crippen LogP contribution >= 0.6 is 23.4 Å². The van der Waals surface area contributed by atoms with Gasteiger partial charge < -0.3 is 25.8 Å². The zero-order valence-corrected chi connectivity index (χ0v) is 25.9. The maximum Gasteiger partial charge on any atom is 0.446 e. The molecule has 0 aliphatic carbocycles. The van der Waals surface area contributed by atoms with Crippen LogP contribution in [0, 0.1) is 0 Å². The van der Waals surface area contributed by atoms with Crippen LogP contribution < -0.4 is 21.1 Å². The summed E-state index contributed by atoms with van der Waals surface area (Å²) >= 11 is 6.01. The number of fused-ring (bicyclic) bond motifs is 1. The minimum absolute atomic E-state index is 0.0514. The van der Waals surface area contributed by atoms with Crippen LogP contribution in [0.15, 0.2) is 108 Å². The van der Waals surface area contributed by atoms with Gasteiger partial charge in [-0.15, -0.1) is 0 Å². The Labute approximate surface area is 275 Å². The van der Waals surface area contributed by atoms with Gasteiger partial charge in [0, 0.05) is 27.2 Å². The molecule has 0 aliphatic rings. The first-order valence-electron chi connectivity index (χ1n) is 13.9. The van der Waals surface area contributed by atoms with E-state index in [1.807, 2.05) is 6.07 Å². The summed E-state index contributed by atoms with van der Waals surface area (Å²) in [6.07, 6.45) is 1.35. The molecule has 1 unspecified atom stereocenters. The molecule has 47 heavy (non-hydrogen) atoms. The van der Waals surface area contributed by atoms with E-state index >= 15 is 0 Å². The van der Waals surface area contributed by atoms with E-state index in [1.165, 1.54) is 18.3 Å². The van der Waals surface area contributed by atoms with Crippen LogP contribution in [0.5, 0.6) is 5.75 Å². The number of nitrogens with two attached hydrogens (primary N) is 1. The number of carbonyl (C=O) groups excluding carboxylic acids is 3. The minimum atomic E-state index is -4.36. The van der Waals surface area contributed by atoms with E-state index < -0.39 is 29.5 Å². The van der Waals surface area contributed by atoms with Gasteiger partial charge in [-0.25, -0.2) is 9.59 Å². The number of aromatic nitrogens is 1. The first-order valence-corrected chi connectivity index (χ1v) is 15.1. The summed E-state index contributed by atoms with van der Waals surface area (Å²) in [6.45, 7) is 0.0776. The van der Waals surface area contributed by atoms with Crippen molar-refractivity contribution < 1.29 is 37.0 Å². The monoisotopic (exact) mass is 682 g/mol. The number of anilines is 2. The van der Waals surface area contributed by atoms with E-state index in [1.54, 1.807) is 78.9 Å². The quantitative estimate of drug-likeness (QED) is 0.0779. The second-order valence-electron chi connectivity index (χ2n) is 10.1. The molecule has 0 bridgehead atoms. The number of hydrogen-bond donors (Lipinski definition) is 3. The third kappa shape index (κ3) is 9.06. The lowest BCUT2D eigenvalue weighted by Crippen LogP contribution is -2.42. The van der Waals surface area contributed by atoms with Crippen molar-refractivity contribution >= 4 is 63.5 Å². The van der Waals surface area contributed by atoms with Crippen molar-refractivity contribution in [1.82, 2.24) is 4.57 Å². The third-order valence-electron chi connectivity index (χ3n) is 6.67. The molecule has 5 rings (SSSR count). The Morgan fingerprint density at radius 3 is 2.23 bits per heavy atom. The molecule has 0 saturated carbocycles. The fourth-order valence-corrected chi connectivity index (χ4v) is 5.14. The van der Waals surface area contributed by atoms with Crippen molar-refractivity contribution in [1.29, 1.82) is 0 Å². The molecule has 1 heterocycles. The average Bonchev–Trinajstić information content (AvgIpc) is 3.39. The molecule has 1 atom stereocenters. The normalized spacial score (nSPS) is 11.9. The van der Waals surface area contributed by atoms with Gasteiger partial charge in [0.25, 0.3) is 5.91 Å². The smallest absolute Gasteiger partial charge is 0.446 e. The summed E-state index contributed by atoms with van der Waals surface area (Å²) < 4.78 is 49.7. The number of urea groups is 1. The highest BCUT2D eigenvalue weighted by Gasteiger charge is 2.29. The topological polar surface area (TPSA) is 125 Å². The maximum absolute atomic E-state index is 13.2. The van der Waals surface area contributed by atoms with Crippen LogP contribution in [0.1, 0.15) is 15.9 Å². The molecule has 14 heteroatoms. The van der Waals surface area contributed by atoms with Crippen LogP contribution in [0.2, 0.25) is 5.02 Å². The molecule has 0 spiro atoms. The fourth-order valence-electron chi connectivity index (χ4n) is 4.43. The van der Waals surface area contributed by atoms with Gasteiger partial charge in [0.1, 0.15) is 19.0 Å². The first kappa shape index (κ1) is 33.4. The number of thioether (sulfide) groups is 1. The Kier molecular flexibility index (Phi) is 10.4. The molecule has 0 radical (unpaired) electrons. The predicted octanol–water partition coefficient (Wildman–Crippen LogP) is 7.84. The Morgan fingerprint density at radius 2 is 1.55 bits per heavy atom. The summed E-state index contributed by atoms with van der Waals surface area (Å²) in [5, 5.41) is 6.15. The Hall–Kier alpha value is -4.98. The molecule has 1 aromatic heterocycles. The lowest BCUT2D eigenvalue weighted by Gasteiger charge is -2.12. The highest BCUT2D eigenvalue weighted by atomic mass is 35.5. The minimum Gasteiger partial charge on any atom is -0.489 e. The number of alkyl halides is 3. The lowest BCUT2D eigenvalue weighted by atomic mass is 10.2. The molecule has 9 nitrogen and oxygen atoms in total. The number of hydrogen-bond acceptors (Lipinski definition) is 7. The summed E-state index contributed by atoms with van der Waals surface area (Å²) in [7, 11) is 0. The van der Waals surface area contributed by atoms with Gasteiger partial charge in [0.15, 0.2) is 6.04 Å². The van der Waals surface area contributed by atoms with Crippen molar-refractivity contribution in [2.24, 2.45) is 5.73 Å². The van der Waals surface area contributed by atoms with Crippen molar-refractivity contribution in [2.45, 2.75) is 29.7 Å². The highest BCUT2D eigenvalue weighted by Crippen LogP contribution is 2.36. The van der Waals surface area contributed by atoms with E-state index in [2.05, 4.69) is 10.6 Å². The van der Waals surface area contributed by atoms with Crippen LogP contribution in [-0.4, -0.2) is 34.0 Å². The van der Waals surface area contributed by atoms with Crippen LogP contribution in [-0.2, 0) is 22.7 Å². The van der Waals surface area contributed by atoms with Crippen LogP contribution in [0.3, 0.4) is 0 Å². The highest BCUT2D eigenvalue weighted by molar-refractivity contribution is 8.00. The van der Waals surface area contributed by atoms with Gasteiger partial charge >= 0.3 is 17.5 Å². The van der Waals surface area contributed by atoms with Gasteiger partial charge in [-0.05, 0) is 77.5 Å². The van der Waals surface area contributed by atoms with Crippen molar-refractivity contribution in [3.8, 4) is 5.75 Å². The molecule has 242 valence electrons. The van der Waals surface area contributed by atoms with Gasteiger partial charge in [-0.2, -0.15) is 13.2 Å². The number of esters is 1. The number of benzene rings is 4. The predicted molar refractivity (Wildman–Crippen MR) is 174 cm³/mol. The molecule has 0 aliphatic heterocycles. The molecule has 0 saturated heterocycles.